The summed E-state index contributed by atoms with van der Waals surface area (Å²) in [5.41, 5.74) is 0.754. The first-order chi connectivity index (χ1) is 13.2. The fourth-order valence-electron chi connectivity index (χ4n) is 3.87. The molecule has 150 valence electrons. The standard InChI is InChI=1S/C21H33N3O3/c1-2-27-20-6-4-3-5-19(20)22-21(25)17-24-11-8-18(9-12-24)7-10-23-13-15-26-16-14-23/h3-6,18H,2,7-17H2,1H3,(H,22,25). The molecular formula is C21H33N3O3. The monoisotopic (exact) mass is 375 g/mol. The summed E-state index contributed by atoms with van der Waals surface area (Å²) in [6.07, 6.45) is 3.64. The summed E-state index contributed by atoms with van der Waals surface area (Å²) in [5.74, 6) is 1.55. The summed E-state index contributed by atoms with van der Waals surface area (Å²) >= 11 is 0. The van der Waals surface area contributed by atoms with Crippen LogP contribution >= 0.6 is 0 Å². The fourth-order valence-corrected chi connectivity index (χ4v) is 3.87. The Bertz CT molecular complexity index is 582. The zero-order chi connectivity index (χ0) is 18.9. The van der Waals surface area contributed by atoms with Gasteiger partial charge in [0.15, 0.2) is 0 Å². The van der Waals surface area contributed by atoms with Crippen molar-refractivity contribution in [2.45, 2.75) is 26.2 Å². The smallest absolute Gasteiger partial charge is 0.238 e. The van der Waals surface area contributed by atoms with Gasteiger partial charge in [0.1, 0.15) is 5.75 Å². The molecule has 2 aliphatic heterocycles. The number of benzene rings is 1. The Morgan fingerprint density at radius 1 is 1.15 bits per heavy atom. The highest BCUT2D eigenvalue weighted by molar-refractivity contribution is 5.93. The Labute approximate surface area is 162 Å². The van der Waals surface area contributed by atoms with Gasteiger partial charge in [-0.25, -0.2) is 0 Å². The number of nitrogens with zero attached hydrogens (tertiary/aromatic N) is 2. The van der Waals surface area contributed by atoms with Gasteiger partial charge in [-0.15, -0.1) is 0 Å². The lowest BCUT2D eigenvalue weighted by Gasteiger charge is -2.33. The molecule has 27 heavy (non-hydrogen) atoms. The number of rotatable bonds is 8. The molecule has 0 spiro atoms. The molecule has 6 nitrogen and oxygen atoms in total. The van der Waals surface area contributed by atoms with Gasteiger partial charge < -0.3 is 14.8 Å². The van der Waals surface area contributed by atoms with Crippen molar-refractivity contribution in [3.63, 3.8) is 0 Å². The van der Waals surface area contributed by atoms with Crippen LogP contribution in [-0.4, -0.2) is 74.8 Å². The van der Waals surface area contributed by atoms with Gasteiger partial charge in [-0.1, -0.05) is 12.1 Å². The average Bonchev–Trinajstić information content (AvgIpc) is 2.70. The molecule has 2 aliphatic rings. The number of carbonyl (C=O) groups is 1. The molecule has 2 fully saturated rings. The summed E-state index contributed by atoms with van der Waals surface area (Å²) in [7, 11) is 0. The predicted octanol–water partition coefficient (Wildman–Crippen LogP) is 2.46. The average molecular weight is 376 g/mol. The largest absolute Gasteiger partial charge is 0.492 e. The number of hydrogen-bond donors (Lipinski definition) is 1. The number of ether oxygens (including phenoxy) is 2. The van der Waals surface area contributed by atoms with Crippen molar-refractivity contribution >= 4 is 11.6 Å². The quantitative estimate of drug-likeness (QED) is 0.756. The SMILES string of the molecule is CCOc1ccccc1NC(=O)CN1CCC(CCN2CCOCC2)CC1. The van der Waals surface area contributed by atoms with E-state index in [1.165, 1.54) is 25.8 Å². The first kappa shape index (κ1) is 20.1. The number of nitrogens with one attached hydrogen (secondary N) is 1. The lowest BCUT2D eigenvalue weighted by atomic mass is 9.93. The summed E-state index contributed by atoms with van der Waals surface area (Å²) in [6, 6.07) is 7.61. The van der Waals surface area contributed by atoms with Crippen LogP contribution in [0.3, 0.4) is 0 Å². The molecule has 0 saturated carbocycles. The number of carbonyl (C=O) groups excluding carboxylic acids is 1. The van der Waals surface area contributed by atoms with E-state index in [2.05, 4.69) is 15.1 Å². The number of amides is 1. The summed E-state index contributed by atoms with van der Waals surface area (Å²) in [4.78, 5) is 17.2. The molecule has 0 radical (unpaired) electrons. The van der Waals surface area contributed by atoms with Gasteiger partial charge in [-0.2, -0.15) is 0 Å². The first-order valence-corrected chi connectivity index (χ1v) is 10.3. The van der Waals surface area contributed by atoms with E-state index in [1.807, 2.05) is 31.2 Å². The highest BCUT2D eigenvalue weighted by atomic mass is 16.5. The number of morpholine rings is 1. The molecule has 0 unspecified atom stereocenters. The van der Waals surface area contributed by atoms with E-state index in [0.717, 1.165) is 56.7 Å². The molecule has 2 heterocycles. The lowest BCUT2D eigenvalue weighted by Crippen LogP contribution is -2.41. The van der Waals surface area contributed by atoms with Crippen molar-refractivity contribution in [3.05, 3.63) is 24.3 Å². The van der Waals surface area contributed by atoms with Gasteiger partial charge in [-0.3, -0.25) is 14.6 Å². The maximum Gasteiger partial charge on any atom is 0.238 e. The molecule has 1 N–H and O–H groups in total. The highest BCUT2D eigenvalue weighted by Crippen LogP contribution is 2.24. The molecular weight excluding hydrogens is 342 g/mol. The van der Waals surface area contributed by atoms with Crippen LogP contribution in [-0.2, 0) is 9.53 Å². The maximum absolute atomic E-state index is 12.4. The van der Waals surface area contributed by atoms with Crippen molar-refractivity contribution in [3.8, 4) is 5.75 Å². The summed E-state index contributed by atoms with van der Waals surface area (Å²) in [6.45, 7) is 10.1. The number of para-hydroxylation sites is 2. The summed E-state index contributed by atoms with van der Waals surface area (Å²) in [5, 5.41) is 3.00. The van der Waals surface area contributed by atoms with Crippen LogP contribution in [0.25, 0.3) is 0 Å². The van der Waals surface area contributed by atoms with E-state index in [4.69, 9.17) is 9.47 Å². The van der Waals surface area contributed by atoms with E-state index < -0.39 is 0 Å². The number of piperidine rings is 1. The Morgan fingerprint density at radius 2 is 1.89 bits per heavy atom. The van der Waals surface area contributed by atoms with Gasteiger partial charge in [-0.05, 0) is 63.9 Å². The second kappa shape index (κ2) is 10.6. The number of hydrogen-bond acceptors (Lipinski definition) is 5. The van der Waals surface area contributed by atoms with Crippen LogP contribution in [0.4, 0.5) is 5.69 Å². The van der Waals surface area contributed by atoms with E-state index in [9.17, 15) is 4.79 Å². The Morgan fingerprint density at radius 3 is 2.63 bits per heavy atom. The van der Waals surface area contributed by atoms with Crippen LogP contribution in [0, 0.1) is 5.92 Å². The number of likely N-dealkylation sites (tertiary alicyclic amines) is 1. The van der Waals surface area contributed by atoms with E-state index in [-0.39, 0.29) is 5.91 Å². The molecule has 1 aromatic carbocycles. The van der Waals surface area contributed by atoms with Crippen molar-refractivity contribution in [1.82, 2.24) is 9.80 Å². The normalized spacial score (nSPS) is 19.7. The number of anilines is 1. The van der Waals surface area contributed by atoms with Crippen molar-refractivity contribution in [1.29, 1.82) is 0 Å². The van der Waals surface area contributed by atoms with Gasteiger partial charge in [0.2, 0.25) is 5.91 Å². The van der Waals surface area contributed by atoms with Gasteiger partial charge in [0, 0.05) is 13.1 Å². The van der Waals surface area contributed by atoms with Crippen LogP contribution in [0.15, 0.2) is 24.3 Å². The third-order valence-corrected chi connectivity index (χ3v) is 5.49. The second-order valence-corrected chi connectivity index (χ2v) is 7.44. The maximum atomic E-state index is 12.4. The third-order valence-electron chi connectivity index (χ3n) is 5.49. The van der Waals surface area contributed by atoms with Crippen LogP contribution < -0.4 is 10.1 Å². The Hall–Kier alpha value is -1.63. The van der Waals surface area contributed by atoms with Crippen molar-refractivity contribution in [2.24, 2.45) is 5.92 Å². The molecule has 0 aliphatic carbocycles. The fraction of sp³-hybridized carbons (Fsp3) is 0.667. The zero-order valence-electron chi connectivity index (χ0n) is 16.5. The predicted molar refractivity (Wildman–Crippen MR) is 107 cm³/mol. The zero-order valence-corrected chi connectivity index (χ0v) is 16.5. The topological polar surface area (TPSA) is 54.0 Å². The minimum absolute atomic E-state index is 0.0360. The highest BCUT2D eigenvalue weighted by Gasteiger charge is 2.22. The minimum Gasteiger partial charge on any atom is -0.492 e. The Kier molecular flexibility index (Phi) is 7.93. The second-order valence-electron chi connectivity index (χ2n) is 7.44. The van der Waals surface area contributed by atoms with Gasteiger partial charge >= 0.3 is 0 Å². The van der Waals surface area contributed by atoms with Gasteiger partial charge in [0.05, 0.1) is 32.1 Å². The molecule has 2 saturated heterocycles. The van der Waals surface area contributed by atoms with Crippen molar-refractivity contribution < 1.29 is 14.3 Å². The summed E-state index contributed by atoms with van der Waals surface area (Å²) < 4.78 is 11.0. The molecule has 3 rings (SSSR count). The van der Waals surface area contributed by atoms with Crippen LogP contribution in [0.2, 0.25) is 0 Å². The Balaban J connectivity index is 1.36. The molecule has 1 amide bonds. The molecule has 0 bridgehead atoms. The van der Waals surface area contributed by atoms with Crippen LogP contribution in [0.1, 0.15) is 26.2 Å². The molecule has 6 heteroatoms. The van der Waals surface area contributed by atoms with Gasteiger partial charge in [0.25, 0.3) is 0 Å². The molecule has 1 aromatic rings. The molecule has 0 aromatic heterocycles. The minimum atomic E-state index is 0.0360. The molecule has 0 atom stereocenters. The lowest BCUT2D eigenvalue weighted by molar-refractivity contribution is -0.117. The van der Waals surface area contributed by atoms with Crippen LogP contribution in [0.5, 0.6) is 5.75 Å². The van der Waals surface area contributed by atoms with E-state index >= 15 is 0 Å². The first-order valence-electron chi connectivity index (χ1n) is 10.3. The van der Waals surface area contributed by atoms with E-state index in [1.54, 1.807) is 0 Å². The van der Waals surface area contributed by atoms with E-state index in [0.29, 0.717) is 13.2 Å². The van der Waals surface area contributed by atoms with Crippen molar-refractivity contribution in [2.75, 3.05) is 64.4 Å². The third kappa shape index (κ3) is 6.48.